The van der Waals surface area contributed by atoms with E-state index in [4.69, 9.17) is 29.1 Å². The summed E-state index contributed by atoms with van der Waals surface area (Å²) in [5.41, 5.74) is 8.36. The number of furan rings is 1. The highest BCUT2D eigenvalue weighted by atomic mass is 16.5. The molecule has 0 fully saturated rings. The van der Waals surface area contributed by atoms with Crippen molar-refractivity contribution >= 4 is 16.9 Å². The monoisotopic (exact) mass is 329 g/mol. The summed E-state index contributed by atoms with van der Waals surface area (Å²) >= 11 is 0. The average Bonchev–Trinajstić information content (AvgIpc) is 2.94. The molecule has 0 aliphatic heterocycles. The van der Waals surface area contributed by atoms with Crippen LogP contribution in [0.2, 0.25) is 0 Å². The van der Waals surface area contributed by atoms with Crippen LogP contribution in [-0.2, 0) is 0 Å². The molecule has 126 valence electrons. The van der Waals surface area contributed by atoms with E-state index in [0.29, 0.717) is 34.5 Å². The number of hydrogen-bond donors (Lipinski definition) is 1. The molecule has 0 atom stereocenters. The molecule has 0 aliphatic rings. The number of ether oxygens (including phenoxy) is 4. The van der Waals surface area contributed by atoms with Crippen molar-refractivity contribution in [2.75, 3.05) is 34.2 Å². The van der Waals surface area contributed by atoms with E-state index in [9.17, 15) is 0 Å². The third-order valence-electron chi connectivity index (χ3n) is 3.89. The fraction of sp³-hybridized carbons (Fsp3) is 0.222. The van der Waals surface area contributed by atoms with Crippen LogP contribution < -0.4 is 24.7 Å². The fourth-order valence-corrected chi connectivity index (χ4v) is 2.73. The minimum Gasteiger partial charge on any atom is -0.493 e. The van der Waals surface area contributed by atoms with Crippen molar-refractivity contribution in [3.63, 3.8) is 0 Å². The first-order chi connectivity index (χ1) is 11.6. The van der Waals surface area contributed by atoms with E-state index in [0.717, 1.165) is 16.5 Å². The molecular weight excluding hydrogens is 310 g/mol. The molecule has 6 nitrogen and oxygen atoms in total. The molecule has 2 N–H and O–H groups in total. The summed E-state index contributed by atoms with van der Waals surface area (Å²) in [4.78, 5) is 0. The minimum absolute atomic E-state index is 0.313. The second-order valence-electron chi connectivity index (χ2n) is 5.11. The van der Waals surface area contributed by atoms with Gasteiger partial charge in [0.05, 0.1) is 34.0 Å². The molecule has 0 saturated heterocycles. The van der Waals surface area contributed by atoms with Crippen molar-refractivity contribution in [1.82, 2.24) is 0 Å². The second-order valence-corrected chi connectivity index (χ2v) is 5.11. The van der Waals surface area contributed by atoms with E-state index in [2.05, 4.69) is 0 Å². The fourth-order valence-electron chi connectivity index (χ4n) is 2.73. The van der Waals surface area contributed by atoms with Gasteiger partial charge in [-0.3, -0.25) is 0 Å². The van der Waals surface area contributed by atoms with Crippen LogP contribution in [0.4, 0.5) is 5.88 Å². The second kappa shape index (κ2) is 6.23. The Morgan fingerprint density at radius 1 is 0.750 bits per heavy atom. The predicted octanol–water partition coefficient (Wildman–Crippen LogP) is 3.72. The summed E-state index contributed by atoms with van der Waals surface area (Å²) in [6, 6.07) is 9.19. The number of hydrogen-bond acceptors (Lipinski definition) is 6. The largest absolute Gasteiger partial charge is 0.493 e. The smallest absolute Gasteiger partial charge is 0.199 e. The number of nitrogen functional groups attached to an aromatic ring is 1. The van der Waals surface area contributed by atoms with Gasteiger partial charge in [0.1, 0.15) is 5.58 Å². The third-order valence-corrected chi connectivity index (χ3v) is 3.89. The van der Waals surface area contributed by atoms with Crippen molar-refractivity contribution in [3.8, 4) is 34.1 Å². The molecule has 0 spiro atoms. The van der Waals surface area contributed by atoms with Crippen molar-refractivity contribution in [1.29, 1.82) is 0 Å². The molecule has 3 rings (SSSR count). The zero-order valence-corrected chi connectivity index (χ0v) is 14.0. The molecule has 0 bridgehead atoms. The van der Waals surface area contributed by atoms with Gasteiger partial charge in [-0.1, -0.05) is 6.07 Å². The predicted molar refractivity (Wildman–Crippen MR) is 92.3 cm³/mol. The maximum absolute atomic E-state index is 6.11. The number of methoxy groups -OCH3 is 4. The van der Waals surface area contributed by atoms with Crippen LogP contribution in [0, 0.1) is 0 Å². The van der Waals surface area contributed by atoms with Crippen LogP contribution in [-0.4, -0.2) is 28.4 Å². The normalized spacial score (nSPS) is 10.7. The van der Waals surface area contributed by atoms with Crippen LogP contribution in [0.25, 0.3) is 22.1 Å². The van der Waals surface area contributed by atoms with Gasteiger partial charge in [0.2, 0.25) is 0 Å². The Kier molecular flexibility index (Phi) is 4.12. The van der Waals surface area contributed by atoms with Crippen LogP contribution in [0.15, 0.2) is 34.7 Å². The summed E-state index contributed by atoms with van der Waals surface area (Å²) in [5, 5.41) is 0.831. The molecule has 3 aromatic rings. The van der Waals surface area contributed by atoms with Crippen molar-refractivity contribution in [3.05, 3.63) is 30.3 Å². The molecule has 0 saturated carbocycles. The highest BCUT2D eigenvalue weighted by molar-refractivity contribution is 6.01. The van der Waals surface area contributed by atoms with Gasteiger partial charge in [-0.25, -0.2) is 0 Å². The van der Waals surface area contributed by atoms with Crippen LogP contribution in [0.3, 0.4) is 0 Å². The van der Waals surface area contributed by atoms with Crippen LogP contribution in [0.1, 0.15) is 0 Å². The van der Waals surface area contributed by atoms with E-state index < -0.39 is 0 Å². The molecule has 24 heavy (non-hydrogen) atoms. The number of rotatable bonds is 5. The molecule has 1 heterocycles. The molecule has 2 aromatic carbocycles. The molecule has 0 aliphatic carbocycles. The first kappa shape index (κ1) is 15.9. The molecule has 0 amide bonds. The van der Waals surface area contributed by atoms with Gasteiger partial charge < -0.3 is 29.1 Å². The van der Waals surface area contributed by atoms with E-state index >= 15 is 0 Å². The summed E-state index contributed by atoms with van der Waals surface area (Å²) in [7, 11) is 6.34. The quantitative estimate of drug-likeness (QED) is 0.769. The van der Waals surface area contributed by atoms with E-state index in [-0.39, 0.29) is 0 Å². The number of fused-ring (bicyclic) bond motifs is 1. The van der Waals surface area contributed by atoms with Gasteiger partial charge in [0, 0.05) is 11.5 Å². The Labute approximate surface area is 139 Å². The lowest BCUT2D eigenvalue weighted by atomic mass is 10.0. The van der Waals surface area contributed by atoms with Gasteiger partial charge >= 0.3 is 0 Å². The van der Waals surface area contributed by atoms with Gasteiger partial charge in [-0.05, 0) is 23.8 Å². The number of nitrogens with two attached hydrogens (primary N) is 1. The molecule has 1 aromatic heterocycles. The van der Waals surface area contributed by atoms with Gasteiger partial charge in [-0.2, -0.15) is 0 Å². The number of benzene rings is 2. The summed E-state index contributed by atoms with van der Waals surface area (Å²) < 4.78 is 27.0. The topological polar surface area (TPSA) is 76.1 Å². The Morgan fingerprint density at radius 3 is 1.96 bits per heavy atom. The van der Waals surface area contributed by atoms with Gasteiger partial charge in [0.15, 0.2) is 28.9 Å². The van der Waals surface area contributed by atoms with Gasteiger partial charge in [-0.15, -0.1) is 0 Å². The SMILES string of the molecule is COc1ccc(-c2c(N)oc3cc(OC)c(OC)cc23)cc1OC. The zero-order valence-electron chi connectivity index (χ0n) is 14.0. The average molecular weight is 329 g/mol. The highest BCUT2D eigenvalue weighted by Crippen LogP contribution is 2.43. The Bertz CT molecular complexity index is 885. The molecule has 0 radical (unpaired) electrons. The highest BCUT2D eigenvalue weighted by Gasteiger charge is 2.19. The van der Waals surface area contributed by atoms with Crippen molar-refractivity contribution in [2.45, 2.75) is 0 Å². The molecular formula is C18H19NO5. The first-order valence-corrected chi connectivity index (χ1v) is 7.29. The maximum atomic E-state index is 6.11. The Hall–Kier alpha value is -3.02. The van der Waals surface area contributed by atoms with E-state index in [1.54, 1.807) is 34.5 Å². The van der Waals surface area contributed by atoms with Crippen LogP contribution >= 0.6 is 0 Å². The van der Waals surface area contributed by atoms with E-state index in [1.807, 2.05) is 24.3 Å². The lowest BCUT2D eigenvalue weighted by Crippen LogP contribution is -1.92. The molecule has 0 unspecified atom stereocenters. The van der Waals surface area contributed by atoms with Gasteiger partial charge in [0.25, 0.3) is 0 Å². The summed E-state index contributed by atoms with van der Waals surface area (Å²) in [5.74, 6) is 2.76. The lowest BCUT2D eigenvalue weighted by molar-refractivity contribution is 0.355. The first-order valence-electron chi connectivity index (χ1n) is 7.29. The Balaban J connectivity index is 2.24. The Morgan fingerprint density at radius 2 is 1.33 bits per heavy atom. The molecule has 6 heteroatoms. The minimum atomic E-state index is 0.313. The van der Waals surface area contributed by atoms with E-state index in [1.165, 1.54) is 0 Å². The summed E-state index contributed by atoms with van der Waals surface area (Å²) in [6.07, 6.45) is 0. The van der Waals surface area contributed by atoms with Crippen molar-refractivity contribution < 1.29 is 23.4 Å². The zero-order chi connectivity index (χ0) is 17.3. The maximum Gasteiger partial charge on any atom is 0.199 e. The van der Waals surface area contributed by atoms with Crippen LogP contribution in [0.5, 0.6) is 23.0 Å². The lowest BCUT2D eigenvalue weighted by Gasteiger charge is -2.10. The summed E-state index contributed by atoms with van der Waals surface area (Å²) in [6.45, 7) is 0. The standard InChI is InChI=1S/C18H19NO5/c1-20-12-6-5-10(7-14(12)21-2)17-11-8-15(22-3)16(23-4)9-13(11)24-18(17)19/h5-9H,19H2,1-4H3. The third kappa shape index (κ3) is 2.46. The van der Waals surface area contributed by atoms with Crippen molar-refractivity contribution in [2.24, 2.45) is 0 Å². The number of anilines is 1.